The number of benzene rings is 8. The van der Waals surface area contributed by atoms with Crippen molar-refractivity contribution in [3.8, 4) is 39.5 Å². The molecule has 0 amide bonds. The monoisotopic (exact) mass is 805 g/mol. The third-order valence-corrected chi connectivity index (χ3v) is 22.9. The van der Waals surface area contributed by atoms with Crippen LogP contribution >= 0.6 is 11.3 Å². The molecule has 1 aliphatic heterocycles. The molecule has 11 aromatic rings. The third-order valence-electron chi connectivity index (χ3n) is 11.9. The molecule has 0 radical (unpaired) electrons. The van der Waals surface area contributed by atoms with Gasteiger partial charge in [0.25, 0.3) is 0 Å². The quantitative estimate of drug-likeness (QED) is 0.162. The second-order valence-corrected chi connectivity index (χ2v) is 23.6. The Morgan fingerprint density at radius 3 is 1.82 bits per heavy atom. The number of aromatic nitrogens is 3. The van der Waals surface area contributed by atoms with E-state index in [0.29, 0.717) is 0 Å². The van der Waals surface area contributed by atoms with E-state index in [2.05, 4.69) is 205 Å². The van der Waals surface area contributed by atoms with Gasteiger partial charge in [0.2, 0.25) is 0 Å². The fourth-order valence-electron chi connectivity index (χ4n) is 9.58. The zero-order chi connectivity index (χ0) is 37.5. The molecule has 0 atom stereocenters. The molecular formula is C52H33GeN3S. The van der Waals surface area contributed by atoms with E-state index in [0.717, 1.165) is 33.9 Å². The van der Waals surface area contributed by atoms with Crippen LogP contribution < -0.4 is 17.7 Å². The van der Waals surface area contributed by atoms with Gasteiger partial charge in [0.1, 0.15) is 0 Å². The zero-order valence-corrected chi connectivity index (χ0v) is 33.7. The average molecular weight is 805 g/mol. The van der Waals surface area contributed by atoms with Gasteiger partial charge in [0, 0.05) is 0 Å². The van der Waals surface area contributed by atoms with Crippen molar-refractivity contribution in [2.75, 3.05) is 0 Å². The maximum absolute atomic E-state index is 5.75. The van der Waals surface area contributed by atoms with Gasteiger partial charge in [-0.05, 0) is 0 Å². The van der Waals surface area contributed by atoms with Crippen molar-refractivity contribution in [2.45, 2.75) is 0 Å². The van der Waals surface area contributed by atoms with Gasteiger partial charge < -0.3 is 0 Å². The van der Waals surface area contributed by atoms with E-state index < -0.39 is 13.3 Å². The number of nitrogens with zero attached hydrogens (tertiary/aromatic N) is 3. The van der Waals surface area contributed by atoms with Crippen LogP contribution in [0.25, 0.3) is 81.4 Å². The van der Waals surface area contributed by atoms with Crippen LogP contribution in [-0.4, -0.2) is 27.8 Å². The fraction of sp³-hybridized carbons (Fsp3) is 0. The Morgan fingerprint density at radius 1 is 0.439 bits per heavy atom. The third kappa shape index (κ3) is 4.66. The van der Waals surface area contributed by atoms with E-state index in [4.69, 9.17) is 9.97 Å². The van der Waals surface area contributed by atoms with E-state index in [1.165, 1.54) is 65.3 Å². The van der Waals surface area contributed by atoms with Gasteiger partial charge in [0.15, 0.2) is 0 Å². The van der Waals surface area contributed by atoms with Crippen molar-refractivity contribution in [1.82, 2.24) is 14.5 Å². The first kappa shape index (κ1) is 32.6. The Balaban J connectivity index is 1.23. The molecule has 5 heteroatoms. The molecule has 12 rings (SSSR count). The van der Waals surface area contributed by atoms with Crippen LogP contribution in [0.2, 0.25) is 0 Å². The molecular weight excluding hydrogens is 771 g/mol. The predicted molar refractivity (Wildman–Crippen MR) is 243 cm³/mol. The Kier molecular flexibility index (Phi) is 7.28. The molecule has 0 aliphatic carbocycles. The van der Waals surface area contributed by atoms with Crippen LogP contribution in [0.5, 0.6) is 0 Å². The number of para-hydroxylation sites is 2. The van der Waals surface area contributed by atoms with Gasteiger partial charge in [-0.1, -0.05) is 6.07 Å². The van der Waals surface area contributed by atoms with Crippen LogP contribution in [-0.2, 0) is 0 Å². The van der Waals surface area contributed by atoms with Crippen molar-refractivity contribution in [3.05, 3.63) is 200 Å². The molecule has 0 saturated heterocycles. The molecule has 0 saturated carbocycles. The molecule has 0 bridgehead atoms. The van der Waals surface area contributed by atoms with Gasteiger partial charge in [-0.15, -0.1) is 0 Å². The first-order valence-electron chi connectivity index (χ1n) is 19.4. The van der Waals surface area contributed by atoms with E-state index in [1.54, 1.807) is 0 Å². The molecule has 3 nitrogen and oxygen atoms in total. The SMILES string of the molecule is c1ccc(-c2nc(-c3ccccc3-n3c4ccccc4c4c5c(ccc43)sc3ccccc35)c3[c](n2)[Ge]([c]2ccccc2)([c]2ccccc2)[c]2ccccc2-3)cc1. The summed E-state index contributed by atoms with van der Waals surface area (Å²) in [6.07, 6.45) is 0. The van der Waals surface area contributed by atoms with Crippen molar-refractivity contribution in [3.63, 3.8) is 0 Å². The van der Waals surface area contributed by atoms with E-state index >= 15 is 0 Å². The van der Waals surface area contributed by atoms with Crippen molar-refractivity contribution >= 4 is 84.3 Å². The predicted octanol–water partition coefficient (Wildman–Crippen LogP) is 10.6. The van der Waals surface area contributed by atoms with Gasteiger partial charge in [-0.25, -0.2) is 0 Å². The summed E-state index contributed by atoms with van der Waals surface area (Å²) in [5, 5.41) is 5.18. The zero-order valence-electron chi connectivity index (χ0n) is 30.8. The first-order valence-corrected chi connectivity index (χ1v) is 24.4. The minimum absolute atomic E-state index is 0.752. The van der Waals surface area contributed by atoms with Gasteiger partial charge >= 0.3 is 332 Å². The molecule has 266 valence electrons. The summed E-state index contributed by atoms with van der Waals surface area (Å²) in [5.74, 6) is 0.752. The summed E-state index contributed by atoms with van der Waals surface area (Å²) in [4.78, 5) is 11.4. The maximum atomic E-state index is 5.75. The fourth-order valence-corrected chi connectivity index (χ4v) is 21.2. The number of hydrogen-bond acceptors (Lipinski definition) is 3. The molecule has 0 fully saturated rings. The Bertz CT molecular complexity index is 3310. The molecule has 3 aromatic heterocycles. The van der Waals surface area contributed by atoms with Crippen LogP contribution in [0, 0.1) is 0 Å². The standard InChI is InChI=1S/C52H33GeN3S/c1-4-18-34(19-5-1)52-54-50(49-37-24-10-14-28-41(37)53(51(49)55-52,35-20-6-2-7-21-35)36-22-8-3-9-23-36)39-26-12-16-30-43(39)56-42-29-15-11-25-38(42)47-44(56)32-33-46-48(47)40-27-13-17-31-45(40)57-46/h1-33H. The molecule has 1 aliphatic rings. The van der Waals surface area contributed by atoms with Gasteiger partial charge in [-0.3, -0.25) is 0 Å². The summed E-state index contributed by atoms with van der Waals surface area (Å²) >= 11 is -1.85. The molecule has 8 aromatic carbocycles. The Morgan fingerprint density at radius 2 is 1.05 bits per heavy atom. The number of fused-ring (bicyclic) bond motifs is 10. The number of hydrogen-bond donors (Lipinski definition) is 0. The van der Waals surface area contributed by atoms with Crippen LogP contribution in [0.1, 0.15) is 0 Å². The summed E-state index contributed by atoms with van der Waals surface area (Å²) in [5.41, 5.74) is 8.91. The Labute approximate surface area is 336 Å². The number of rotatable bonds is 5. The van der Waals surface area contributed by atoms with E-state index in [9.17, 15) is 0 Å². The summed E-state index contributed by atoms with van der Waals surface area (Å²) in [6, 6.07) is 73.2. The van der Waals surface area contributed by atoms with E-state index in [1.807, 2.05) is 11.3 Å². The summed E-state index contributed by atoms with van der Waals surface area (Å²) in [7, 11) is 0. The molecule has 4 heterocycles. The molecule has 0 unspecified atom stereocenters. The topological polar surface area (TPSA) is 30.7 Å². The normalized spacial score (nSPS) is 13.1. The van der Waals surface area contributed by atoms with Gasteiger partial charge in [0.05, 0.1) is 0 Å². The number of thiophene rings is 1. The molecule has 0 spiro atoms. The van der Waals surface area contributed by atoms with Gasteiger partial charge in [-0.2, -0.15) is 0 Å². The summed E-state index contributed by atoms with van der Waals surface area (Å²) < 4.78 is 10.4. The first-order chi connectivity index (χ1) is 28.3. The second kappa shape index (κ2) is 12.7. The van der Waals surface area contributed by atoms with Crippen molar-refractivity contribution in [2.24, 2.45) is 0 Å². The van der Waals surface area contributed by atoms with Crippen LogP contribution in [0.4, 0.5) is 0 Å². The van der Waals surface area contributed by atoms with E-state index in [-0.39, 0.29) is 0 Å². The average Bonchev–Trinajstić information content (AvgIpc) is 3.93. The Hall–Kier alpha value is -6.60. The second-order valence-electron chi connectivity index (χ2n) is 14.8. The summed E-state index contributed by atoms with van der Waals surface area (Å²) in [6.45, 7) is 0. The molecule has 57 heavy (non-hydrogen) atoms. The minimum atomic E-state index is -3.72. The van der Waals surface area contributed by atoms with Crippen molar-refractivity contribution < 1.29 is 0 Å². The van der Waals surface area contributed by atoms with Crippen LogP contribution in [0.3, 0.4) is 0 Å². The van der Waals surface area contributed by atoms with Crippen molar-refractivity contribution in [1.29, 1.82) is 0 Å². The van der Waals surface area contributed by atoms with Crippen LogP contribution in [0.15, 0.2) is 200 Å². The molecule has 0 N–H and O–H groups in total.